The van der Waals surface area contributed by atoms with Gasteiger partial charge in [-0.25, -0.2) is 15.0 Å². The fourth-order valence-corrected chi connectivity index (χ4v) is 4.41. The monoisotopic (exact) mass is 443 g/mol. The summed E-state index contributed by atoms with van der Waals surface area (Å²) in [6.07, 6.45) is 7.08. The Hall–Kier alpha value is -3.81. The molecule has 0 saturated heterocycles. The highest BCUT2D eigenvalue weighted by molar-refractivity contribution is 5.80. The van der Waals surface area contributed by atoms with Crippen LogP contribution in [0.3, 0.4) is 0 Å². The van der Waals surface area contributed by atoms with Gasteiger partial charge in [0.05, 0.1) is 16.7 Å². The fourth-order valence-electron chi connectivity index (χ4n) is 4.41. The highest BCUT2D eigenvalue weighted by Crippen LogP contribution is 2.29. The summed E-state index contributed by atoms with van der Waals surface area (Å²) in [7, 11) is 0. The first kappa shape index (κ1) is 21.1. The Morgan fingerprint density at radius 2 is 1.82 bits per heavy atom. The van der Waals surface area contributed by atoms with Gasteiger partial charge in [-0.3, -0.25) is 9.78 Å². The molecule has 2 N–H and O–H groups in total. The summed E-state index contributed by atoms with van der Waals surface area (Å²) >= 11 is 0. The first-order valence-electron chi connectivity index (χ1n) is 11.2. The zero-order valence-corrected chi connectivity index (χ0v) is 18.4. The summed E-state index contributed by atoms with van der Waals surface area (Å²) in [5.41, 5.74) is 5.34. The Morgan fingerprint density at radius 3 is 2.52 bits per heavy atom. The molecule has 33 heavy (non-hydrogen) atoms. The number of aryl methyl sites for hydroxylation is 1. The van der Waals surface area contributed by atoms with E-state index in [9.17, 15) is 4.79 Å². The van der Waals surface area contributed by atoms with Crippen LogP contribution in [-0.2, 0) is 4.79 Å². The maximum absolute atomic E-state index is 10.9. The zero-order valence-electron chi connectivity index (χ0n) is 18.4. The molecule has 1 aliphatic rings. The molecule has 0 atom stereocenters. The second-order valence-corrected chi connectivity index (χ2v) is 8.54. The molecule has 8 heteroatoms. The molecule has 1 saturated carbocycles. The summed E-state index contributed by atoms with van der Waals surface area (Å²) in [5.74, 6) is 0.307. The van der Waals surface area contributed by atoms with E-state index < -0.39 is 5.97 Å². The van der Waals surface area contributed by atoms with Gasteiger partial charge in [0.2, 0.25) is 0 Å². The molecule has 4 aromatic rings. The fraction of sp³-hybridized carbons (Fsp3) is 0.320. The Labute approximate surface area is 191 Å². The van der Waals surface area contributed by atoms with Gasteiger partial charge >= 0.3 is 12.0 Å². The number of pyridine rings is 1. The van der Waals surface area contributed by atoms with Crippen LogP contribution in [0.4, 0.5) is 0 Å². The Balaban J connectivity index is 1.25. The number of H-pyrrole nitrogens is 1. The van der Waals surface area contributed by atoms with Crippen molar-refractivity contribution < 1.29 is 14.6 Å². The van der Waals surface area contributed by atoms with E-state index >= 15 is 0 Å². The number of nitrogens with zero attached hydrogens (tertiary/aromatic N) is 4. The molecular formula is C25H25N5O3. The molecule has 0 radical (unpaired) electrons. The van der Waals surface area contributed by atoms with Gasteiger partial charge in [0.15, 0.2) is 0 Å². The van der Waals surface area contributed by atoms with E-state index in [-0.39, 0.29) is 18.4 Å². The quantitative estimate of drug-likeness (QED) is 0.440. The van der Waals surface area contributed by atoms with E-state index in [4.69, 9.17) is 14.8 Å². The number of para-hydroxylation sites is 2. The predicted molar refractivity (Wildman–Crippen MR) is 124 cm³/mol. The van der Waals surface area contributed by atoms with Crippen molar-refractivity contribution in [3.05, 3.63) is 54.5 Å². The minimum atomic E-state index is -0.729. The number of rotatable bonds is 6. The van der Waals surface area contributed by atoms with Crippen molar-refractivity contribution in [3.63, 3.8) is 0 Å². The molecule has 0 amide bonds. The molecule has 0 aliphatic heterocycles. The van der Waals surface area contributed by atoms with Crippen molar-refractivity contribution in [1.82, 2.24) is 24.9 Å². The molecule has 0 spiro atoms. The molecule has 0 bridgehead atoms. The lowest BCUT2D eigenvalue weighted by Gasteiger charge is -2.27. The number of benzene rings is 1. The van der Waals surface area contributed by atoms with Crippen molar-refractivity contribution in [1.29, 1.82) is 0 Å². The van der Waals surface area contributed by atoms with Crippen LogP contribution in [0.15, 0.2) is 48.8 Å². The van der Waals surface area contributed by atoms with E-state index in [2.05, 4.69) is 19.9 Å². The van der Waals surface area contributed by atoms with Gasteiger partial charge in [0.1, 0.15) is 11.9 Å². The lowest BCUT2D eigenvalue weighted by atomic mass is 9.85. The third kappa shape index (κ3) is 4.69. The number of aliphatic carboxylic acids is 1. The Bertz CT molecular complexity index is 1240. The average Bonchev–Trinajstić information content (AvgIpc) is 3.24. The summed E-state index contributed by atoms with van der Waals surface area (Å²) in [4.78, 5) is 32.4. The molecule has 5 rings (SSSR count). The number of aromatic amines is 1. The third-order valence-corrected chi connectivity index (χ3v) is 6.18. The van der Waals surface area contributed by atoms with Crippen molar-refractivity contribution in [2.45, 2.75) is 45.1 Å². The number of carboxylic acid groups (broad SMARTS) is 1. The molecule has 1 aromatic carbocycles. The molecule has 0 unspecified atom stereocenters. The normalized spacial score (nSPS) is 18.3. The van der Waals surface area contributed by atoms with E-state index in [1.54, 1.807) is 12.4 Å². The van der Waals surface area contributed by atoms with Crippen molar-refractivity contribution >= 4 is 17.0 Å². The second-order valence-electron chi connectivity index (χ2n) is 8.54. The van der Waals surface area contributed by atoms with E-state index in [1.807, 2.05) is 43.3 Å². The minimum Gasteiger partial charge on any atom is -0.481 e. The van der Waals surface area contributed by atoms with Gasteiger partial charge < -0.3 is 14.8 Å². The number of fused-ring (bicyclic) bond motifs is 1. The van der Waals surface area contributed by atoms with Gasteiger partial charge in [-0.2, -0.15) is 0 Å². The number of ether oxygens (including phenoxy) is 1. The number of carbonyl (C=O) groups is 1. The molecular weight excluding hydrogens is 418 g/mol. The highest BCUT2D eigenvalue weighted by Gasteiger charge is 2.24. The first-order chi connectivity index (χ1) is 16.0. The van der Waals surface area contributed by atoms with Crippen molar-refractivity contribution in [2.75, 3.05) is 0 Å². The zero-order chi connectivity index (χ0) is 22.8. The largest absolute Gasteiger partial charge is 0.481 e. The summed E-state index contributed by atoms with van der Waals surface area (Å²) in [6, 6.07) is 12.2. The number of hydrogen-bond donors (Lipinski definition) is 2. The van der Waals surface area contributed by atoms with Crippen LogP contribution in [0, 0.1) is 12.8 Å². The van der Waals surface area contributed by atoms with Crippen LogP contribution in [-0.4, -0.2) is 42.1 Å². The van der Waals surface area contributed by atoms with Crippen LogP contribution < -0.4 is 4.74 Å². The van der Waals surface area contributed by atoms with Crippen LogP contribution >= 0.6 is 0 Å². The third-order valence-electron chi connectivity index (χ3n) is 6.18. The summed E-state index contributed by atoms with van der Waals surface area (Å²) in [6.45, 7) is 1.96. The average molecular weight is 444 g/mol. The van der Waals surface area contributed by atoms with Gasteiger partial charge in [0.25, 0.3) is 0 Å². The highest BCUT2D eigenvalue weighted by atomic mass is 16.5. The maximum Gasteiger partial charge on any atom is 0.316 e. The number of aromatic nitrogens is 5. The van der Waals surface area contributed by atoms with Gasteiger partial charge in [0, 0.05) is 35.6 Å². The van der Waals surface area contributed by atoms with Gasteiger partial charge in [-0.15, -0.1) is 0 Å². The van der Waals surface area contributed by atoms with Gasteiger partial charge in [-0.05, 0) is 62.8 Å². The molecule has 3 aromatic heterocycles. The number of hydrogen-bond acceptors (Lipinski definition) is 6. The van der Waals surface area contributed by atoms with Crippen LogP contribution in [0.5, 0.6) is 6.01 Å². The van der Waals surface area contributed by atoms with Crippen molar-refractivity contribution in [2.24, 2.45) is 5.92 Å². The lowest BCUT2D eigenvalue weighted by molar-refractivity contribution is -0.138. The number of imidazole rings is 1. The lowest BCUT2D eigenvalue weighted by Crippen LogP contribution is -2.25. The van der Waals surface area contributed by atoms with E-state index in [1.165, 1.54) is 0 Å². The SMILES string of the molecule is Cc1nc(-c2cnc(OC3CCC(CC(=O)O)CC3)nc2)ccc1-c1nc2ccccc2[nH]1. The minimum absolute atomic E-state index is 0.0318. The predicted octanol–water partition coefficient (Wildman–Crippen LogP) is 4.80. The maximum atomic E-state index is 10.9. The standard InChI is InChI=1S/C25H25N5O3/c1-15-19(24-29-21-4-2-3-5-22(21)30-24)10-11-20(28-15)17-13-26-25(27-14-17)33-18-8-6-16(7-9-18)12-23(31)32/h2-5,10-11,13-14,16,18H,6-9,12H2,1H3,(H,29,30)(H,31,32). The molecule has 1 fully saturated rings. The van der Waals surface area contributed by atoms with E-state index in [0.29, 0.717) is 6.01 Å². The Morgan fingerprint density at radius 1 is 1.06 bits per heavy atom. The molecule has 168 valence electrons. The number of nitrogens with one attached hydrogen (secondary N) is 1. The summed E-state index contributed by atoms with van der Waals surface area (Å²) in [5, 5.41) is 8.95. The Kier molecular flexibility index (Phi) is 5.73. The van der Waals surface area contributed by atoms with Crippen LogP contribution in [0.1, 0.15) is 37.8 Å². The smallest absolute Gasteiger partial charge is 0.316 e. The molecule has 8 nitrogen and oxygen atoms in total. The topological polar surface area (TPSA) is 114 Å². The second kappa shape index (κ2) is 8.97. The first-order valence-corrected chi connectivity index (χ1v) is 11.2. The summed E-state index contributed by atoms with van der Waals surface area (Å²) < 4.78 is 5.93. The molecule has 1 aliphatic carbocycles. The van der Waals surface area contributed by atoms with Crippen LogP contribution in [0.25, 0.3) is 33.7 Å². The number of carboxylic acids is 1. The molecule has 3 heterocycles. The van der Waals surface area contributed by atoms with Gasteiger partial charge in [-0.1, -0.05) is 12.1 Å². The van der Waals surface area contributed by atoms with Crippen LogP contribution in [0.2, 0.25) is 0 Å². The van der Waals surface area contributed by atoms with E-state index in [0.717, 1.165) is 65.1 Å². The van der Waals surface area contributed by atoms with Crippen molar-refractivity contribution in [3.8, 4) is 28.7 Å².